The van der Waals surface area contributed by atoms with Crippen molar-refractivity contribution < 1.29 is 4.74 Å². The average Bonchev–Trinajstić information content (AvgIpc) is 2.63. The van der Waals surface area contributed by atoms with E-state index in [1.807, 2.05) is 0 Å². The first-order valence-corrected chi connectivity index (χ1v) is 9.51. The number of piperidine rings is 1. The Morgan fingerprint density at radius 3 is 2.42 bits per heavy atom. The van der Waals surface area contributed by atoms with Crippen LogP contribution in [0.4, 0.5) is 0 Å². The van der Waals surface area contributed by atoms with E-state index in [4.69, 9.17) is 9.73 Å². The number of ether oxygens (including phenoxy) is 1. The third-order valence-corrected chi connectivity index (χ3v) is 4.70. The summed E-state index contributed by atoms with van der Waals surface area (Å²) in [6.45, 7) is 8.67. The zero-order valence-electron chi connectivity index (χ0n) is 16.6. The van der Waals surface area contributed by atoms with Crippen molar-refractivity contribution in [2.75, 3.05) is 46.9 Å². The Labute approximate surface area is 176 Å². The van der Waals surface area contributed by atoms with E-state index in [9.17, 15) is 0 Å². The van der Waals surface area contributed by atoms with Crippen LogP contribution in [0.1, 0.15) is 38.3 Å². The van der Waals surface area contributed by atoms with E-state index in [0.717, 1.165) is 51.6 Å². The lowest BCUT2D eigenvalue weighted by Gasteiger charge is -2.34. The molecule has 0 bridgehead atoms. The van der Waals surface area contributed by atoms with Crippen molar-refractivity contribution in [3.63, 3.8) is 0 Å². The van der Waals surface area contributed by atoms with Crippen molar-refractivity contribution in [1.82, 2.24) is 15.1 Å². The molecule has 1 atom stereocenters. The number of halogens is 1. The molecule has 0 aromatic heterocycles. The number of nitrogens with one attached hydrogen (secondary N) is 1. The highest BCUT2D eigenvalue weighted by Gasteiger charge is 2.22. The summed E-state index contributed by atoms with van der Waals surface area (Å²) in [6.07, 6.45) is 2.56. The van der Waals surface area contributed by atoms with Crippen LogP contribution in [0.15, 0.2) is 35.3 Å². The van der Waals surface area contributed by atoms with Crippen LogP contribution in [0.25, 0.3) is 0 Å². The molecule has 1 aromatic carbocycles. The van der Waals surface area contributed by atoms with Gasteiger partial charge in [-0.3, -0.25) is 4.99 Å². The Bertz CT molecular complexity index is 516. The molecule has 0 saturated carbocycles. The first kappa shape index (κ1) is 23.2. The molecule has 1 aliphatic rings. The molecule has 2 rings (SSSR count). The molecule has 0 amide bonds. The van der Waals surface area contributed by atoms with E-state index in [1.165, 1.54) is 5.56 Å². The van der Waals surface area contributed by atoms with Crippen molar-refractivity contribution in [3.8, 4) is 0 Å². The fraction of sp³-hybridized carbons (Fsp3) is 0.650. The number of hydrogen-bond donors (Lipinski definition) is 1. The molecule has 1 aliphatic heterocycles. The topological polar surface area (TPSA) is 40.1 Å². The van der Waals surface area contributed by atoms with Gasteiger partial charge < -0.3 is 19.9 Å². The minimum absolute atomic E-state index is 0. The van der Waals surface area contributed by atoms with E-state index in [-0.39, 0.29) is 30.0 Å². The van der Waals surface area contributed by atoms with Crippen LogP contribution < -0.4 is 5.32 Å². The lowest BCUT2D eigenvalue weighted by Crippen LogP contribution is -2.47. The van der Waals surface area contributed by atoms with E-state index in [1.54, 1.807) is 0 Å². The number of guanidine groups is 1. The third-order valence-electron chi connectivity index (χ3n) is 4.70. The Hall–Kier alpha value is -0.860. The molecule has 0 spiro atoms. The van der Waals surface area contributed by atoms with Gasteiger partial charge in [-0.2, -0.15) is 0 Å². The molecule has 1 N–H and O–H groups in total. The standard InChI is InChI=1S/C20H34N4O.HI/c1-5-21-20(24-14-12-18(13-15-24)25-6-2)22-16-19(23(3)4)17-10-8-7-9-11-17;/h7-11,18-19H,5-6,12-16H2,1-4H3,(H,21,22);1H. The van der Waals surface area contributed by atoms with Crippen molar-refractivity contribution in [3.05, 3.63) is 35.9 Å². The van der Waals surface area contributed by atoms with Gasteiger partial charge in [-0.05, 0) is 46.3 Å². The molecule has 6 heteroatoms. The normalized spacial score (nSPS) is 17.1. The molecule has 26 heavy (non-hydrogen) atoms. The van der Waals surface area contributed by atoms with Gasteiger partial charge in [-0.25, -0.2) is 0 Å². The molecular formula is C20H35IN4O. The van der Waals surface area contributed by atoms with Crippen LogP contribution in [0, 0.1) is 0 Å². The fourth-order valence-electron chi connectivity index (χ4n) is 3.31. The number of rotatable bonds is 7. The molecule has 1 aromatic rings. The van der Waals surface area contributed by atoms with Gasteiger partial charge in [0.2, 0.25) is 0 Å². The van der Waals surface area contributed by atoms with E-state index >= 15 is 0 Å². The molecule has 1 heterocycles. The largest absolute Gasteiger partial charge is 0.378 e. The quantitative estimate of drug-likeness (QED) is 0.374. The van der Waals surface area contributed by atoms with Crippen molar-refractivity contribution in [1.29, 1.82) is 0 Å². The van der Waals surface area contributed by atoms with E-state index in [0.29, 0.717) is 6.10 Å². The highest BCUT2D eigenvalue weighted by Crippen LogP contribution is 2.19. The zero-order chi connectivity index (χ0) is 18.1. The second-order valence-electron chi connectivity index (χ2n) is 6.73. The van der Waals surface area contributed by atoms with Crippen LogP contribution in [0.3, 0.4) is 0 Å². The smallest absolute Gasteiger partial charge is 0.193 e. The summed E-state index contributed by atoms with van der Waals surface area (Å²) in [5, 5.41) is 3.46. The molecular weight excluding hydrogens is 439 g/mol. The molecule has 1 fully saturated rings. The first-order chi connectivity index (χ1) is 12.2. The van der Waals surface area contributed by atoms with Gasteiger partial charge in [0, 0.05) is 26.2 Å². The molecule has 0 aliphatic carbocycles. The predicted octanol–water partition coefficient (Wildman–Crippen LogP) is 3.37. The van der Waals surface area contributed by atoms with Crippen molar-refractivity contribution in [2.45, 2.75) is 38.8 Å². The summed E-state index contributed by atoms with van der Waals surface area (Å²) in [4.78, 5) is 9.57. The van der Waals surface area contributed by atoms with Gasteiger partial charge in [0.1, 0.15) is 0 Å². The third kappa shape index (κ3) is 7.04. The van der Waals surface area contributed by atoms with Crippen molar-refractivity contribution in [2.24, 2.45) is 4.99 Å². The monoisotopic (exact) mass is 474 g/mol. The average molecular weight is 474 g/mol. The number of nitrogens with zero attached hydrogens (tertiary/aromatic N) is 3. The summed E-state index contributed by atoms with van der Waals surface area (Å²) >= 11 is 0. The Morgan fingerprint density at radius 2 is 1.88 bits per heavy atom. The SMILES string of the molecule is CCNC(=NCC(c1ccccc1)N(C)C)N1CCC(OCC)CC1.I. The Balaban J connectivity index is 0.00000338. The number of benzene rings is 1. The van der Waals surface area contributed by atoms with Gasteiger partial charge in [0.15, 0.2) is 5.96 Å². The van der Waals surface area contributed by atoms with Crippen LogP contribution in [-0.2, 0) is 4.74 Å². The summed E-state index contributed by atoms with van der Waals surface area (Å²) in [7, 11) is 4.24. The summed E-state index contributed by atoms with van der Waals surface area (Å²) in [6, 6.07) is 10.9. The zero-order valence-corrected chi connectivity index (χ0v) is 19.0. The summed E-state index contributed by atoms with van der Waals surface area (Å²) in [5.74, 6) is 1.03. The predicted molar refractivity (Wildman–Crippen MR) is 120 cm³/mol. The first-order valence-electron chi connectivity index (χ1n) is 9.51. The second-order valence-corrected chi connectivity index (χ2v) is 6.73. The van der Waals surface area contributed by atoms with Gasteiger partial charge in [0.05, 0.1) is 18.7 Å². The highest BCUT2D eigenvalue weighted by atomic mass is 127. The number of aliphatic imine (C=N–C) groups is 1. The van der Waals surface area contributed by atoms with Crippen LogP contribution in [0.5, 0.6) is 0 Å². The fourth-order valence-corrected chi connectivity index (χ4v) is 3.31. The van der Waals surface area contributed by atoms with Crippen LogP contribution in [-0.4, -0.2) is 68.7 Å². The van der Waals surface area contributed by atoms with E-state index in [2.05, 4.69) is 73.4 Å². The van der Waals surface area contributed by atoms with E-state index < -0.39 is 0 Å². The lowest BCUT2D eigenvalue weighted by molar-refractivity contribution is 0.0263. The molecule has 5 nitrogen and oxygen atoms in total. The second kappa shape index (κ2) is 12.5. The Kier molecular flexibility index (Phi) is 11.2. The maximum atomic E-state index is 5.76. The minimum Gasteiger partial charge on any atom is -0.378 e. The van der Waals surface area contributed by atoms with Gasteiger partial charge in [0.25, 0.3) is 0 Å². The lowest BCUT2D eigenvalue weighted by atomic mass is 10.1. The van der Waals surface area contributed by atoms with Crippen LogP contribution >= 0.6 is 24.0 Å². The summed E-state index contributed by atoms with van der Waals surface area (Å²) in [5.41, 5.74) is 1.31. The van der Waals surface area contributed by atoms with Gasteiger partial charge in [-0.1, -0.05) is 30.3 Å². The number of likely N-dealkylation sites (tertiary alicyclic amines) is 1. The molecule has 1 saturated heterocycles. The maximum Gasteiger partial charge on any atom is 0.193 e. The van der Waals surface area contributed by atoms with Gasteiger partial charge >= 0.3 is 0 Å². The van der Waals surface area contributed by atoms with Gasteiger partial charge in [-0.15, -0.1) is 24.0 Å². The molecule has 148 valence electrons. The minimum atomic E-state index is 0. The van der Waals surface area contributed by atoms with Crippen molar-refractivity contribution >= 4 is 29.9 Å². The summed E-state index contributed by atoms with van der Waals surface area (Å²) < 4.78 is 5.76. The number of hydrogen-bond acceptors (Lipinski definition) is 3. The van der Waals surface area contributed by atoms with Crippen LogP contribution in [0.2, 0.25) is 0 Å². The Morgan fingerprint density at radius 1 is 1.23 bits per heavy atom. The number of likely N-dealkylation sites (N-methyl/N-ethyl adjacent to an activating group) is 1. The molecule has 0 radical (unpaired) electrons. The molecule has 1 unspecified atom stereocenters. The highest BCUT2D eigenvalue weighted by molar-refractivity contribution is 14.0. The maximum absolute atomic E-state index is 5.76.